The zero-order valence-corrected chi connectivity index (χ0v) is 13.2. The Hall–Kier alpha value is -1.04. The van der Waals surface area contributed by atoms with Gasteiger partial charge in [0.25, 0.3) is 0 Å². The highest BCUT2D eigenvalue weighted by Gasteiger charge is 2.51. The quantitative estimate of drug-likeness (QED) is 0.837. The van der Waals surface area contributed by atoms with E-state index >= 15 is 0 Å². The summed E-state index contributed by atoms with van der Waals surface area (Å²) < 4.78 is 0. The van der Waals surface area contributed by atoms with Crippen LogP contribution in [0.1, 0.15) is 44.3 Å². The van der Waals surface area contributed by atoms with Crippen LogP contribution in [-0.2, 0) is 4.79 Å². The molecule has 5 nitrogen and oxygen atoms in total. The summed E-state index contributed by atoms with van der Waals surface area (Å²) in [5.74, 6) is 3.93. The number of nitrogens with one attached hydrogen (secondary N) is 2. The molecular weight excluding hydrogens is 284 g/mol. The molecule has 1 aromatic rings. The van der Waals surface area contributed by atoms with Gasteiger partial charge in [0.15, 0.2) is 0 Å². The topological polar surface area (TPSA) is 70.7 Å². The molecule has 1 aromatic heterocycles. The van der Waals surface area contributed by atoms with E-state index in [4.69, 9.17) is 0 Å². The van der Waals surface area contributed by atoms with Gasteiger partial charge in [-0.1, -0.05) is 11.8 Å². The number of amides is 1. The van der Waals surface area contributed by atoms with Crippen molar-refractivity contribution in [2.24, 2.45) is 17.8 Å². The summed E-state index contributed by atoms with van der Waals surface area (Å²) in [7, 11) is 0. The summed E-state index contributed by atoms with van der Waals surface area (Å²) in [5.41, 5.74) is 0.112. The SMILES string of the molecule is Cc1nc(SCC(=O)NC23CC4CC(CC(C4)C2)C3)n[nH]1. The van der Waals surface area contributed by atoms with E-state index in [0.29, 0.717) is 10.9 Å². The van der Waals surface area contributed by atoms with Crippen LogP contribution in [0.3, 0.4) is 0 Å². The minimum atomic E-state index is 0.112. The molecule has 4 aliphatic rings. The van der Waals surface area contributed by atoms with Crippen molar-refractivity contribution < 1.29 is 4.79 Å². The lowest BCUT2D eigenvalue weighted by atomic mass is 9.53. The van der Waals surface area contributed by atoms with Crippen molar-refractivity contribution in [3.8, 4) is 0 Å². The first-order chi connectivity index (χ1) is 10.1. The molecular formula is C15H22N4OS. The summed E-state index contributed by atoms with van der Waals surface area (Å²) in [6.07, 6.45) is 7.82. The standard InChI is InChI=1S/C15H22N4OS/c1-9-16-14(19-18-9)21-8-13(20)17-15-5-10-2-11(6-15)4-12(3-10)7-15/h10-12H,2-8H2,1H3,(H,17,20)(H,16,18,19). The first kappa shape index (κ1) is 13.6. The maximum Gasteiger partial charge on any atom is 0.230 e. The van der Waals surface area contributed by atoms with Gasteiger partial charge >= 0.3 is 0 Å². The Labute approximate surface area is 129 Å². The van der Waals surface area contributed by atoms with Crippen LogP contribution >= 0.6 is 11.8 Å². The lowest BCUT2D eigenvalue weighted by molar-refractivity contribution is -0.124. The first-order valence-electron chi connectivity index (χ1n) is 7.93. The fourth-order valence-electron chi connectivity index (χ4n) is 5.11. The van der Waals surface area contributed by atoms with Crippen LogP contribution in [0.15, 0.2) is 5.16 Å². The van der Waals surface area contributed by atoms with Crippen molar-refractivity contribution in [1.82, 2.24) is 20.5 Å². The number of carbonyl (C=O) groups excluding carboxylic acids is 1. The van der Waals surface area contributed by atoms with Gasteiger partial charge in [-0.2, -0.15) is 0 Å². The van der Waals surface area contributed by atoms with Gasteiger partial charge in [-0.3, -0.25) is 9.89 Å². The molecule has 1 heterocycles. The minimum absolute atomic E-state index is 0.112. The smallest absolute Gasteiger partial charge is 0.230 e. The summed E-state index contributed by atoms with van der Waals surface area (Å²) >= 11 is 1.41. The number of hydrogen-bond donors (Lipinski definition) is 2. The Balaban J connectivity index is 1.36. The van der Waals surface area contributed by atoms with Crippen LogP contribution in [-0.4, -0.2) is 32.4 Å². The van der Waals surface area contributed by atoms with Crippen LogP contribution in [0, 0.1) is 24.7 Å². The van der Waals surface area contributed by atoms with Gasteiger partial charge in [-0.05, 0) is 63.2 Å². The van der Waals surface area contributed by atoms with E-state index in [1.165, 1.54) is 50.3 Å². The molecule has 0 aliphatic heterocycles. The summed E-state index contributed by atoms with van der Waals surface area (Å²) in [5, 5.41) is 10.9. The average molecular weight is 306 g/mol. The number of aromatic nitrogens is 3. The minimum Gasteiger partial charge on any atom is -0.350 e. The predicted octanol–water partition coefficient (Wildman–Crippen LogP) is 2.29. The molecule has 4 fully saturated rings. The molecule has 4 saturated carbocycles. The predicted molar refractivity (Wildman–Crippen MR) is 80.9 cm³/mol. The van der Waals surface area contributed by atoms with Gasteiger partial charge in [0.05, 0.1) is 5.75 Å². The normalized spacial score (nSPS) is 36.9. The van der Waals surface area contributed by atoms with Crippen LogP contribution in [0.5, 0.6) is 0 Å². The molecule has 6 heteroatoms. The molecule has 4 aliphatic carbocycles. The average Bonchev–Trinajstić information content (AvgIpc) is 2.80. The molecule has 0 saturated heterocycles. The van der Waals surface area contributed by atoms with E-state index in [1.54, 1.807) is 0 Å². The van der Waals surface area contributed by atoms with Gasteiger partial charge in [-0.15, -0.1) is 5.10 Å². The maximum atomic E-state index is 12.3. The largest absolute Gasteiger partial charge is 0.350 e. The molecule has 1 amide bonds. The molecule has 21 heavy (non-hydrogen) atoms. The third-order valence-corrected chi connectivity index (χ3v) is 6.20. The Morgan fingerprint density at radius 3 is 2.43 bits per heavy atom. The van der Waals surface area contributed by atoms with Crippen LogP contribution in [0.25, 0.3) is 0 Å². The molecule has 0 atom stereocenters. The van der Waals surface area contributed by atoms with Gasteiger partial charge in [0.1, 0.15) is 5.82 Å². The number of H-pyrrole nitrogens is 1. The Morgan fingerprint density at radius 2 is 1.90 bits per heavy atom. The zero-order chi connectivity index (χ0) is 14.4. The van der Waals surface area contributed by atoms with E-state index in [9.17, 15) is 4.79 Å². The summed E-state index contributed by atoms with van der Waals surface area (Å²) in [4.78, 5) is 16.5. The van der Waals surface area contributed by atoms with Crippen LogP contribution in [0.4, 0.5) is 0 Å². The Bertz CT molecular complexity index is 520. The number of nitrogens with zero attached hydrogens (tertiary/aromatic N) is 2. The summed E-state index contributed by atoms with van der Waals surface area (Å²) in [6.45, 7) is 1.87. The highest BCUT2D eigenvalue weighted by atomic mass is 32.2. The second kappa shape index (κ2) is 5.00. The number of aromatic amines is 1. The number of carbonyl (C=O) groups is 1. The molecule has 0 unspecified atom stereocenters. The van der Waals surface area contributed by atoms with Crippen LogP contribution in [0.2, 0.25) is 0 Å². The van der Waals surface area contributed by atoms with Crippen molar-refractivity contribution >= 4 is 17.7 Å². The third kappa shape index (κ3) is 2.70. The fraction of sp³-hybridized carbons (Fsp3) is 0.800. The third-order valence-electron chi connectivity index (χ3n) is 5.35. The maximum absolute atomic E-state index is 12.3. The number of thioether (sulfide) groups is 1. The van der Waals surface area contributed by atoms with Crippen molar-refractivity contribution in [2.75, 3.05) is 5.75 Å². The van der Waals surface area contributed by atoms with Crippen molar-refractivity contribution in [2.45, 2.75) is 56.1 Å². The Kier molecular flexibility index (Phi) is 3.24. The zero-order valence-electron chi connectivity index (χ0n) is 12.4. The van der Waals surface area contributed by atoms with E-state index in [2.05, 4.69) is 20.5 Å². The molecule has 114 valence electrons. The van der Waals surface area contributed by atoms with E-state index in [-0.39, 0.29) is 11.4 Å². The first-order valence-corrected chi connectivity index (χ1v) is 8.92. The van der Waals surface area contributed by atoms with Gasteiger partial charge in [0, 0.05) is 5.54 Å². The van der Waals surface area contributed by atoms with Crippen molar-refractivity contribution in [1.29, 1.82) is 0 Å². The molecule has 5 rings (SSSR count). The highest BCUT2D eigenvalue weighted by Crippen LogP contribution is 2.55. The van der Waals surface area contributed by atoms with Crippen molar-refractivity contribution in [3.05, 3.63) is 5.82 Å². The van der Waals surface area contributed by atoms with Gasteiger partial charge in [0.2, 0.25) is 11.1 Å². The van der Waals surface area contributed by atoms with Crippen LogP contribution < -0.4 is 5.32 Å². The lowest BCUT2D eigenvalue weighted by Crippen LogP contribution is -2.60. The Morgan fingerprint density at radius 1 is 1.29 bits per heavy atom. The highest BCUT2D eigenvalue weighted by molar-refractivity contribution is 7.99. The monoisotopic (exact) mass is 306 g/mol. The number of rotatable bonds is 4. The molecule has 0 aromatic carbocycles. The lowest BCUT2D eigenvalue weighted by Gasteiger charge is -2.56. The van der Waals surface area contributed by atoms with E-state index < -0.39 is 0 Å². The number of aryl methyl sites for hydroxylation is 1. The van der Waals surface area contributed by atoms with E-state index in [0.717, 1.165) is 23.6 Å². The van der Waals surface area contributed by atoms with Gasteiger partial charge in [-0.25, -0.2) is 4.98 Å². The second-order valence-electron chi connectivity index (χ2n) is 7.24. The van der Waals surface area contributed by atoms with Crippen molar-refractivity contribution in [3.63, 3.8) is 0 Å². The second-order valence-corrected chi connectivity index (χ2v) is 8.18. The fourth-order valence-corrected chi connectivity index (χ4v) is 5.76. The molecule has 4 bridgehead atoms. The van der Waals surface area contributed by atoms with E-state index in [1.807, 2.05) is 6.92 Å². The summed E-state index contributed by atoms with van der Waals surface area (Å²) in [6, 6.07) is 0. The molecule has 0 spiro atoms. The number of hydrogen-bond acceptors (Lipinski definition) is 4. The molecule has 2 N–H and O–H groups in total. The molecule has 0 radical (unpaired) electrons. The van der Waals surface area contributed by atoms with Gasteiger partial charge < -0.3 is 5.32 Å².